The summed E-state index contributed by atoms with van der Waals surface area (Å²) in [7, 11) is 0. The lowest BCUT2D eigenvalue weighted by Gasteiger charge is -2.31. The van der Waals surface area contributed by atoms with Crippen molar-refractivity contribution in [2.24, 2.45) is 0 Å². The Hall–Kier alpha value is -1.69. The summed E-state index contributed by atoms with van der Waals surface area (Å²) in [5.74, 6) is -0.108. The number of carbonyl (C=O) groups is 1. The first-order valence-corrected chi connectivity index (χ1v) is 6.78. The van der Waals surface area contributed by atoms with Gasteiger partial charge in [0.25, 0.3) is 5.91 Å². The van der Waals surface area contributed by atoms with E-state index in [1.165, 1.54) is 17.0 Å². The third-order valence-corrected chi connectivity index (χ3v) is 3.56. The zero-order chi connectivity index (χ0) is 14.5. The van der Waals surface area contributed by atoms with Gasteiger partial charge in [-0.25, -0.2) is 0 Å². The summed E-state index contributed by atoms with van der Waals surface area (Å²) in [5.41, 5.74) is 0.392. The SMILES string of the molecule is CC[NH+]1CCN(C(=O)c2cccc(OC(F)F)c2)CC1. The van der Waals surface area contributed by atoms with E-state index in [4.69, 9.17) is 0 Å². The topological polar surface area (TPSA) is 34.0 Å². The maximum Gasteiger partial charge on any atom is 0.387 e. The molecule has 20 heavy (non-hydrogen) atoms. The number of alkyl halides is 2. The van der Waals surface area contributed by atoms with Gasteiger partial charge in [-0.2, -0.15) is 8.78 Å². The van der Waals surface area contributed by atoms with Crippen LogP contribution in [-0.2, 0) is 0 Å². The summed E-state index contributed by atoms with van der Waals surface area (Å²) in [6, 6.07) is 5.97. The number of hydrogen-bond acceptors (Lipinski definition) is 2. The number of hydrogen-bond donors (Lipinski definition) is 1. The third-order valence-electron chi connectivity index (χ3n) is 3.56. The molecule has 0 atom stereocenters. The van der Waals surface area contributed by atoms with Crippen LogP contribution in [0.4, 0.5) is 8.78 Å². The van der Waals surface area contributed by atoms with Crippen molar-refractivity contribution >= 4 is 5.91 Å². The molecule has 0 saturated carbocycles. The number of rotatable bonds is 4. The second-order valence-electron chi connectivity index (χ2n) is 4.80. The van der Waals surface area contributed by atoms with Gasteiger partial charge in [0.15, 0.2) is 0 Å². The summed E-state index contributed by atoms with van der Waals surface area (Å²) in [6.07, 6.45) is 0. The number of nitrogens with zero attached hydrogens (tertiary/aromatic N) is 1. The number of likely N-dealkylation sites (N-methyl/N-ethyl adjacent to an activating group) is 1. The summed E-state index contributed by atoms with van der Waals surface area (Å²) in [5, 5.41) is 0. The second kappa shape index (κ2) is 6.65. The lowest BCUT2D eigenvalue weighted by atomic mass is 10.1. The molecule has 1 aliphatic heterocycles. The van der Waals surface area contributed by atoms with Crippen molar-refractivity contribution < 1.29 is 23.2 Å². The molecule has 0 bridgehead atoms. The summed E-state index contributed by atoms with van der Waals surface area (Å²) in [6.45, 7) is 3.55. The van der Waals surface area contributed by atoms with Gasteiger partial charge in [-0.05, 0) is 25.1 Å². The average molecular weight is 285 g/mol. The van der Waals surface area contributed by atoms with Gasteiger partial charge in [-0.1, -0.05) is 6.07 Å². The molecule has 1 N–H and O–H groups in total. The molecule has 1 heterocycles. The van der Waals surface area contributed by atoms with Gasteiger partial charge in [-0.15, -0.1) is 0 Å². The molecule has 1 fully saturated rings. The lowest BCUT2D eigenvalue weighted by molar-refractivity contribution is -0.902. The maximum atomic E-state index is 12.3. The fraction of sp³-hybridized carbons (Fsp3) is 0.500. The number of quaternary nitrogens is 1. The number of ether oxygens (including phenoxy) is 1. The van der Waals surface area contributed by atoms with Gasteiger partial charge in [-0.3, -0.25) is 4.79 Å². The van der Waals surface area contributed by atoms with Gasteiger partial charge >= 0.3 is 6.61 Å². The first-order valence-electron chi connectivity index (χ1n) is 6.78. The Morgan fingerprint density at radius 3 is 2.70 bits per heavy atom. The predicted octanol–water partition coefficient (Wildman–Crippen LogP) is 0.649. The van der Waals surface area contributed by atoms with Gasteiger partial charge in [0.2, 0.25) is 0 Å². The van der Waals surface area contributed by atoms with Crippen LogP contribution >= 0.6 is 0 Å². The highest BCUT2D eigenvalue weighted by Gasteiger charge is 2.23. The molecule has 4 nitrogen and oxygen atoms in total. The minimum absolute atomic E-state index is 0.0173. The van der Waals surface area contributed by atoms with Crippen molar-refractivity contribution in [3.8, 4) is 5.75 Å². The van der Waals surface area contributed by atoms with Gasteiger partial charge in [0.05, 0.1) is 32.7 Å². The Balaban J connectivity index is 2.02. The van der Waals surface area contributed by atoms with E-state index in [9.17, 15) is 13.6 Å². The molecular formula is C14H19F2N2O2+. The molecular weight excluding hydrogens is 266 g/mol. The van der Waals surface area contributed by atoms with E-state index in [0.717, 1.165) is 19.6 Å². The maximum absolute atomic E-state index is 12.3. The smallest absolute Gasteiger partial charge is 0.387 e. The standard InChI is InChI=1S/C14H18F2N2O2/c1-2-17-6-8-18(9-7-17)13(19)11-4-3-5-12(10-11)20-14(15)16/h3-5,10,14H,2,6-9H2,1H3/p+1. The van der Waals surface area contributed by atoms with Crippen LogP contribution in [0.1, 0.15) is 17.3 Å². The Bertz CT molecular complexity index is 460. The highest BCUT2D eigenvalue weighted by Crippen LogP contribution is 2.17. The highest BCUT2D eigenvalue weighted by atomic mass is 19.3. The molecule has 0 spiro atoms. The van der Waals surface area contributed by atoms with Gasteiger partial charge in [0.1, 0.15) is 5.75 Å². The molecule has 0 aliphatic carbocycles. The molecule has 1 aliphatic rings. The number of halogens is 2. The van der Waals surface area contributed by atoms with Crippen molar-refractivity contribution in [1.29, 1.82) is 0 Å². The number of piperazine rings is 1. The molecule has 0 aromatic heterocycles. The third kappa shape index (κ3) is 3.66. The molecule has 1 amide bonds. The minimum atomic E-state index is -2.88. The monoisotopic (exact) mass is 285 g/mol. The first-order chi connectivity index (χ1) is 9.60. The van der Waals surface area contributed by atoms with Crippen LogP contribution in [0.5, 0.6) is 5.75 Å². The molecule has 0 radical (unpaired) electrons. The highest BCUT2D eigenvalue weighted by molar-refractivity contribution is 5.94. The molecule has 1 saturated heterocycles. The van der Waals surface area contributed by atoms with Crippen molar-refractivity contribution in [3.63, 3.8) is 0 Å². The molecule has 6 heteroatoms. The van der Waals surface area contributed by atoms with Crippen LogP contribution in [-0.4, -0.2) is 50.1 Å². The molecule has 2 rings (SSSR count). The van der Waals surface area contributed by atoms with Gasteiger partial charge in [0, 0.05) is 5.56 Å². The largest absolute Gasteiger partial charge is 0.435 e. The molecule has 1 aromatic rings. The molecule has 1 aromatic carbocycles. The van der Waals surface area contributed by atoms with E-state index < -0.39 is 6.61 Å². The van der Waals surface area contributed by atoms with E-state index in [1.807, 2.05) is 0 Å². The second-order valence-corrected chi connectivity index (χ2v) is 4.80. The normalized spacial score (nSPS) is 16.5. The number of amides is 1. The van der Waals surface area contributed by atoms with E-state index in [0.29, 0.717) is 18.7 Å². The summed E-state index contributed by atoms with van der Waals surface area (Å²) >= 11 is 0. The Morgan fingerprint density at radius 1 is 1.40 bits per heavy atom. The number of benzene rings is 1. The van der Waals surface area contributed by atoms with Crippen molar-refractivity contribution in [2.75, 3.05) is 32.7 Å². The van der Waals surface area contributed by atoms with Crippen molar-refractivity contribution in [3.05, 3.63) is 29.8 Å². The fourth-order valence-electron chi connectivity index (χ4n) is 2.37. The summed E-state index contributed by atoms with van der Waals surface area (Å²) in [4.78, 5) is 15.5. The quantitative estimate of drug-likeness (QED) is 0.881. The predicted molar refractivity (Wildman–Crippen MR) is 70.2 cm³/mol. The lowest BCUT2D eigenvalue weighted by Crippen LogP contribution is -3.14. The number of nitrogens with one attached hydrogen (secondary N) is 1. The van der Waals surface area contributed by atoms with Crippen LogP contribution in [0.2, 0.25) is 0 Å². The first kappa shape index (κ1) is 14.7. The van der Waals surface area contributed by atoms with E-state index in [-0.39, 0.29) is 11.7 Å². The van der Waals surface area contributed by atoms with E-state index in [2.05, 4.69) is 11.7 Å². The fourth-order valence-corrected chi connectivity index (χ4v) is 2.37. The molecule has 110 valence electrons. The molecule has 0 unspecified atom stereocenters. The van der Waals surface area contributed by atoms with Crippen LogP contribution in [0.25, 0.3) is 0 Å². The van der Waals surface area contributed by atoms with Crippen LogP contribution in [0.3, 0.4) is 0 Å². The van der Waals surface area contributed by atoms with Gasteiger partial charge < -0.3 is 14.5 Å². The minimum Gasteiger partial charge on any atom is -0.435 e. The van der Waals surface area contributed by atoms with E-state index in [1.54, 1.807) is 17.0 Å². The van der Waals surface area contributed by atoms with Crippen molar-refractivity contribution in [1.82, 2.24) is 4.90 Å². The van der Waals surface area contributed by atoms with Crippen LogP contribution in [0, 0.1) is 0 Å². The van der Waals surface area contributed by atoms with Crippen LogP contribution in [0.15, 0.2) is 24.3 Å². The zero-order valence-corrected chi connectivity index (χ0v) is 11.4. The Kier molecular flexibility index (Phi) is 4.89. The zero-order valence-electron chi connectivity index (χ0n) is 11.4. The van der Waals surface area contributed by atoms with Crippen molar-refractivity contribution in [2.45, 2.75) is 13.5 Å². The Labute approximate surface area is 116 Å². The Morgan fingerprint density at radius 2 is 2.10 bits per heavy atom. The number of carbonyl (C=O) groups excluding carboxylic acids is 1. The van der Waals surface area contributed by atoms with E-state index >= 15 is 0 Å². The average Bonchev–Trinajstić information content (AvgIpc) is 2.46. The van der Waals surface area contributed by atoms with Crippen LogP contribution < -0.4 is 9.64 Å². The summed E-state index contributed by atoms with van der Waals surface area (Å²) < 4.78 is 28.7.